The summed E-state index contributed by atoms with van der Waals surface area (Å²) in [4.78, 5) is 16.7. The lowest BCUT2D eigenvalue weighted by molar-refractivity contribution is -0.116. The molecule has 0 saturated heterocycles. The summed E-state index contributed by atoms with van der Waals surface area (Å²) in [6.45, 7) is 0. The zero-order valence-electron chi connectivity index (χ0n) is 15.0. The number of halogens is 1. The van der Waals surface area contributed by atoms with Crippen molar-refractivity contribution in [1.82, 2.24) is 4.98 Å². The predicted molar refractivity (Wildman–Crippen MR) is 109 cm³/mol. The molecule has 0 aliphatic rings. The van der Waals surface area contributed by atoms with Crippen molar-refractivity contribution in [3.63, 3.8) is 0 Å². The molecule has 0 aliphatic heterocycles. The van der Waals surface area contributed by atoms with E-state index in [1.54, 1.807) is 14.2 Å². The van der Waals surface area contributed by atoms with Crippen molar-refractivity contribution in [2.75, 3.05) is 19.5 Å². The van der Waals surface area contributed by atoms with E-state index in [0.29, 0.717) is 34.5 Å². The Labute approximate surface area is 166 Å². The van der Waals surface area contributed by atoms with E-state index >= 15 is 0 Å². The SMILES string of the molecule is COc1ccc(CCC(=O)Nc2nc(-c3ccccc3Cl)cs2)cc1OC. The Morgan fingerprint density at radius 3 is 2.67 bits per heavy atom. The van der Waals surface area contributed by atoms with E-state index in [2.05, 4.69) is 10.3 Å². The normalized spacial score (nSPS) is 10.5. The van der Waals surface area contributed by atoms with Crippen LogP contribution in [0.2, 0.25) is 5.02 Å². The summed E-state index contributed by atoms with van der Waals surface area (Å²) in [6.07, 6.45) is 0.936. The van der Waals surface area contributed by atoms with E-state index in [-0.39, 0.29) is 5.91 Å². The van der Waals surface area contributed by atoms with Crippen LogP contribution in [0.15, 0.2) is 47.8 Å². The molecule has 3 aromatic rings. The monoisotopic (exact) mass is 402 g/mol. The molecule has 2 aromatic carbocycles. The van der Waals surface area contributed by atoms with Crippen LogP contribution in [0.4, 0.5) is 5.13 Å². The summed E-state index contributed by atoms with van der Waals surface area (Å²) in [7, 11) is 3.18. The lowest BCUT2D eigenvalue weighted by atomic mass is 10.1. The van der Waals surface area contributed by atoms with Gasteiger partial charge >= 0.3 is 0 Å². The first-order chi connectivity index (χ1) is 13.1. The highest BCUT2D eigenvalue weighted by Crippen LogP contribution is 2.30. The molecule has 0 atom stereocenters. The quantitative estimate of drug-likeness (QED) is 0.600. The standard InChI is InChI=1S/C20H19ClN2O3S/c1-25-17-9-7-13(11-18(17)26-2)8-10-19(24)23-20-22-16(12-27-20)14-5-3-4-6-15(14)21/h3-7,9,11-12H,8,10H2,1-2H3,(H,22,23,24). The topological polar surface area (TPSA) is 60.5 Å². The van der Waals surface area contributed by atoms with Crippen molar-refractivity contribution >= 4 is 34.0 Å². The third-order valence-corrected chi connectivity index (χ3v) is 5.08. The summed E-state index contributed by atoms with van der Waals surface area (Å²) in [6, 6.07) is 13.1. The van der Waals surface area contributed by atoms with Gasteiger partial charge in [-0.3, -0.25) is 4.79 Å². The van der Waals surface area contributed by atoms with E-state index in [4.69, 9.17) is 21.1 Å². The second-order valence-corrected chi connectivity index (χ2v) is 7.02. The van der Waals surface area contributed by atoms with Gasteiger partial charge in [0.05, 0.1) is 19.9 Å². The molecule has 7 heteroatoms. The number of anilines is 1. The molecule has 1 N–H and O–H groups in total. The molecule has 0 radical (unpaired) electrons. The number of aryl methyl sites for hydroxylation is 1. The van der Waals surface area contributed by atoms with E-state index in [0.717, 1.165) is 16.8 Å². The summed E-state index contributed by atoms with van der Waals surface area (Å²) >= 11 is 7.57. The smallest absolute Gasteiger partial charge is 0.226 e. The first kappa shape index (κ1) is 19.2. The maximum Gasteiger partial charge on any atom is 0.226 e. The number of rotatable bonds is 7. The summed E-state index contributed by atoms with van der Waals surface area (Å²) in [5, 5.41) is 5.91. The van der Waals surface area contributed by atoms with Crippen molar-refractivity contribution in [2.45, 2.75) is 12.8 Å². The summed E-state index contributed by atoms with van der Waals surface area (Å²) in [5.41, 5.74) is 2.60. The Kier molecular flexibility index (Phi) is 6.32. The lowest BCUT2D eigenvalue weighted by Crippen LogP contribution is -2.12. The van der Waals surface area contributed by atoms with Gasteiger partial charge in [0.15, 0.2) is 16.6 Å². The number of carbonyl (C=O) groups is 1. The number of benzene rings is 2. The van der Waals surface area contributed by atoms with Gasteiger partial charge < -0.3 is 14.8 Å². The number of aromatic nitrogens is 1. The first-order valence-electron chi connectivity index (χ1n) is 8.32. The van der Waals surface area contributed by atoms with E-state index in [9.17, 15) is 4.79 Å². The van der Waals surface area contributed by atoms with Gasteiger partial charge in [0.25, 0.3) is 0 Å². The van der Waals surface area contributed by atoms with Gasteiger partial charge in [-0.1, -0.05) is 35.9 Å². The third kappa shape index (κ3) is 4.78. The zero-order chi connectivity index (χ0) is 19.2. The first-order valence-corrected chi connectivity index (χ1v) is 9.57. The van der Waals surface area contributed by atoms with Crippen LogP contribution < -0.4 is 14.8 Å². The third-order valence-electron chi connectivity index (χ3n) is 3.99. The summed E-state index contributed by atoms with van der Waals surface area (Å²) in [5.74, 6) is 1.23. The highest BCUT2D eigenvalue weighted by molar-refractivity contribution is 7.14. The summed E-state index contributed by atoms with van der Waals surface area (Å²) < 4.78 is 10.5. The molecule has 0 unspecified atom stereocenters. The van der Waals surface area contributed by atoms with Crippen molar-refractivity contribution in [3.8, 4) is 22.8 Å². The Morgan fingerprint density at radius 2 is 1.93 bits per heavy atom. The number of methoxy groups -OCH3 is 2. The van der Waals surface area contributed by atoms with Gasteiger partial charge in [-0.15, -0.1) is 11.3 Å². The van der Waals surface area contributed by atoms with Crippen molar-refractivity contribution in [3.05, 3.63) is 58.4 Å². The number of hydrogen-bond donors (Lipinski definition) is 1. The minimum absolute atomic E-state index is 0.0927. The number of amides is 1. The Bertz CT molecular complexity index is 942. The number of nitrogens with zero attached hydrogens (tertiary/aromatic N) is 1. The second kappa shape index (κ2) is 8.88. The average Bonchev–Trinajstić information content (AvgIpc) is 3.14. The molecule has 3 rings (SSSR count). The second-order valence-electron chi connectivity index (χ2n) is 5.76. The molecular weight excluding hydrogens is 384 g/mol. The number of ether oxygens (including phenoxy) is 2. The predicted octanol–water partition coefficient (Wildman–Crippen LogP) is 5.05. The van der Waals surface area contributed by atoms with Crippen molar-refractivity contribution in [2.24, 2.45) is 0 Å². The lowest BCUT2D eigenvalue weighted by Gasteiger charge is -2.09. The molecule has 1 amide bonds. The Balaban J connectivity index is 1.60. The van der Waals surface area contributed by atoms with Crippen LogP contribution in [-0.4, -0.2) is 25.1 Å². The maximum atomic E-state index is 12.2. The van der Waals surface area contributed by atoms with Gasteiger partial charge in [-0.25, -0.2) is 4.98 Å². The van der Waals surface area contributed by atoms with E-state index in [1.807, 2.05) is 47.8 Å². The average molecular weight is 403 g/mol. The molecule has 0 bridgehead atoms. The zero-order valence-corrected chi connectivity index (χ0v) is 16.6. The molecule has 0 aliphatic carbocycles. The van der Waals surface area contributed by atoms with E-state index in [1.165, 1.54) is 11.3 Å². The fraction of sp³-hybridized carbons (Fsp3) is 0.200. The number of carbonyl (C=O) groups excluding carboxylic acids is 1. The van der Waals surface area contributed by atoms with Crippen LogP contribution in [0.5, 0.6) is 11.5 Å². The Hall–Kier alpha value is -2.57. The van der Waals surface area contributed by atoms with E-state index < -0.39 is 0 Å². The molecule has 1 aromatic heterocycles. The maximum absolute atomic E-state index is 12.2. The van der Waals surface area contributed by atoms with Crippen LogP contribution in [0, 0.1) is 0 Å². The molecular formula is C20H19ClN2O3S. The largest absolute Gasteiger partial charge is 0.493 e. The highest BCUT2D eigenvalue weighted by atomic mass is 35.5. The number of hydrogen-bond acceptors (Lipinski definition) is 5. The van der Waals surface area contributed by atoms with Gasteiger partial charge in [0, 0.05) is 22.4 Å². The van der Waals surface area contributed by atoms with Crippen LogP contribution in [0.1, 0.15) is 12.0 Å². The molecule has 5 nitrogen and oxygen atoms in total. The molecule has 0 fully saturated rings. The van der Waals surface area contributed by atoms with Crippen molar-refractivity contribution < 1.29 is 14.3 Å². The molecule has 0 saturated carbocycles. The fourth-order valence-corrected chi connectivity index (χ4v) is 3.56. The molecule has 0 spiro atoms. The van der Waals surface area contributed by atoms with Gasteiger partial charge in [-0.2, -0.15) is 0 Å². The molecule has 140 valence electrons. The van der Waals surface area contributed by atoms with Gasteiger partial charge in [0.2, 0.25) is 5.91 Å². The number of thiazole rings is 1. The van der Waals surface area contributed by atoms with Crippen LogP contribution in [0.25, 0.3) is 11.3 Å². The number of nitrogens with one attached hydrogen (secondary N) is 1. The highest BCUT2D eigenvalue weighted by Gasteiger charge is 2.11. The fourth-order valence-electron chi connectivity index (χ4n) is 2.60. The molecule has 1 heterocycles. The van der Waals surface area contributed by atoms with Crippen molar-refractivity contribution in [1.29, 1.82) is 0 Å². The minimum atomic E-state index is -0.0927. The minimum Gasteiger partial charge on any atom is -0.493 e. The Morgan fingerprint density at radius 1 is 1.15 bits per heavy atom. The molecule has 27 heavy (non-hydrogen) atoms. The van der Waals surface area contributed by atoms with Crippen LogP contribution in [-0.2, 0) is 11.2 Å². The van der Waals surface area contributed by atoms with Gasteiger partial charge in [-0.05, 0) is 30.2 Å². The van der Waals surface area contributed by atoms with Crippen LogP contribution >= 0.6 is 22.9 Å². The van der Waals surface area contributed by atoms with Gasteiger partial charge in [0.1, 0.15) is 0 Å². The van der Waals surface area contributed by atoms with Crippen LogP contribution in [0.3, 0.4) is 0 Å².